The summed E-state index contributed by atoms with van der Waals surface area (Å²) in [5, 5.41) is 0.156. The first-order chi connectivity index (χ1) is 9.49. The summed E-state index contributed by atoms with van der Waals surface area (Å²) in [6.07, 6.45) is 1.42. The van der Waals surface area contributed by atoms with Gasteiger partial charge in [0.1, 0.15) is 5.15 Å². The molecule has 1 heterocycles. The number of nitrogen functional groups attached to an aromatic ring is 1. The molecule has 1 amide bonds. The molecule has 0 unspecified atom stereocenters. The Labute approximate surface area is 130 Å². The third-order valence-electron chi connectivity index (χ3n) is 2.80. The van der Waals surface area contributed by atoms with Crippen molar-refractivity contribution < 1.29 is 4.79 Å². The van der Waals surface area contributed by atoms with Crippen molar-refractivity contribution >= 4 is 39.1 Å². The molecule has 104 valence electrons. The van der Waals surface area contributed by atoms with Crippen molar-refractivity contribution in [1.29, 1.82) is 0 Å². The molecule has 1 aromatic heterocycles. The monoisotopic (exact) mass is 353 g/mol. The molecule has 1 aromatic carbocycles. The van der Waals surface area contributed by atoms with E-state index >= 15 is 0 Å². The highest BCUT2D eigenvalue weighted by molar-refractivity contribution is 9.10. The number of pyridine rings is 1. The maximum absolute atomic E-state index is 12.4. The van der Waals surface area contributed by atoms with E-state index in [-0.39, 0.29) is 11.1 Å². The molecule has 0 bridgehead atoms. The summed E-state index contributed by atoms with van der Waals surface area (Å²) in [6.45, 7) is 0.464. The number of amides is 1. The fourth-order valence-corrected chi connectivity index (χ4v) is 2.37. The predicted molar refractivity (Wildman–Crippen MR) is 83.6 cm³/mol. The van der Waals surface area contributed by atoms with Gasteiger partial charge in [0, 0.05) is 18.1 Å². The van der Waals surface area contributed by atoms with Crippen molar-refractivity contribution in [1.82, 2.24) is 9.88 Å². The van der Waals surface area contributed by atoms with Crippen molar-refractivity contribution in [2.45, 2.75) is 6.54 Å². The normalized spacial score (nSPS) is 10.3. The van der Waals surface area contributed by atoms with E-state index in [1.165, 1.54) is 12.3 Å². The second kappa shape index (κ2) is 6.24. The van der Waals surface area contributed by atoms with Crippen molar-refractivity contribution in [3.8, 4) is 0 Å². The van der Waals surface area contributed by atoms with Gasteiger partial charge < -0.3 is 10.6 Å². The molecular weight excluding hydrogens is 342 g/mol. The lowest BCUT2D eigenvalue weighted by Gasteiger charge is -2.18. The number of carbonyl (C=O) groups is 1. The predicted octanol–water partition coefficient (Wildman–Crippen LogP) is 3.35. The molecule has 2 N–H and O–H groups in total. The molecule has 0 spiro atoms. The number of nitrogens with two attached hydrogens (primary N) is 1. The average Bonchev–Trinajstić information content (AvgIpc) is 2.43. The third kappa shape index (κ3) is 3.29. The van der Waals surface area contributed by atoms with Gasteiger partial charge in [-0.1, -0.05) is 45.7 Å². The number of halogens is 2. The van der Waals surface area contributed by atoms with Gasteiger partial charge in [-0.05, 0) is 17.7 Å². The molecule has 0 aliphatic carbocycles. The minimum Gasteiger partial charge on any atom is -0.397 e. The van der Waals surface area contributed by atoms with E-state index in [4.69, 9.17) is 17.3 Å². The van der Waals surface area contributed by atoms with Crippen molar-refractivity contribution in [2.75, 3.05) is 12.8 Å². The van der Waals surface area contributed by atoms with Gasteiger partial charge in [-0.2, -0.15) is 0 Å². The fourth-order valence-electron chi connectivity index (χ4n) is 1.77. The summed E-state index contributed by atoms with van der Waals surface area (Å²) in [4.78, 5) is 17.8. The number of hydrogen-bond acceptors (Lipinski definition) is 3. The first-order valence-corrected chi connectivity index (χ1v) is 7.06. The standard InChI is InChI=1S/C14H13BrClN3O/c1-19(8-9-4-2-3-5-12(9)15)14(20)11-6-10(17)7-18-13(11)16/h2-7H,8,17H2,1H3. The Morgan fingerprint density at radius 1 is 1.45 bits per heavy atom. The molecule has 4 nitrogen and oxygen atoms in total. The highest BCUT2D eigenvalue weighted by Gasteiger charge is 2.17. The summed E-state index contributed by atoms with van der Waals surface area (Å²) in [5.74, 6) is -0.217. The number of aromatic nitrogens is 1. The van der Waals surface area contributed by atoms with Crippen LogP contribution >= 0.6 is 27.5 Å². The number of carbonyl (C=O) groups excluding carboxylic acids is 1. The molecule has 20 heavy (non-hydrogen) atoms. The van der Waals surface area contributed by atoms with E-state index in [1.807, 2.05) is 24.3 Å². The highest BCUT2D eigenvalue weighted by atomic mass is 79.9. The second-order valence-electron chi connectivity index (χ2n) is 4.36. The minimum absolute atomic E-state index is 0.156. The Morgan fingerprint density at radius 2 is 2.15 bits per heavy atom. The molecule has 2 rings (SSSR count). The van der Waals surface area contributed by atoms with Crippen LogP contribution in [0.5, 0.6) is 0 Å². The van der Waals surface area contributed by atoms with Crippen molar-refractivity contribution in [3.63, 3.8) is 0 Å². The molecule has 0 saturated carbocycles. The summed E-state index contributed by atoms with van der Waals surface area (Å²) in [5.41, 5.74) is 7.37. The molecular formula is C14H13BrClN3O. The number of benzene rings is 1. The first-order valence-electron chi connectivity index (χ1n) is 5.89. The lowest BCUT2D eigenvalue weighted by Crippen LogP contribution is -2.27. The average molecular weight is 355 g/mol. The zero-order valence-electron chi connectivity index (χ0n) is 10.8. The topological polar surface area (TPSA) is 59.2 Å². The van der Waals surface area contributed by atoms with Crippen LogP contribution in [0.1, 0.15) is 15.9 Å². The third-order valence-corrected chi connectivity index (χ3v) is 3.88. The lowest BCUT2D eigenvalue weighted by atomic mass is 10.2. The number of hydrogen-bond donors (Lipinski definition) is 1. The molecule has 0 aliphatic rings. The van der Waals surface area contributed by atoms with E-state index in [2.05, 4.69) is 20.9 Å². The van der Waals surface area contributed by atoms with Gasteiger partial charge in [0.15, 0.2) is 0 Å². The summed E-state index contributed by atoms with van der Waals surface area (Å²) < 4.78 is 0.955. The van der Waals surface area contributed by atoms with Gasteiger partial charge >= 0.3 is 0 Å². The summed E-state index contributed by atoms with van der Waals surface area (Å²) in [6, 6.07) is 9.27. The highest BCUT2D eigenvalue weighted by Crippen LogP contribution is 2.21. The van der Waals surface area contributed by atoms with Crippen LogP contribution < -0.4 is 5.73 Å². The van der Waals surface area contributed by atoms with Gasteiger partial charge in [-0.3, -0.25) is 4.79 Å². The van der Waals surface area contributed by atoms with Crippen LogP contribution in [0.3, 0.4) is 0 Å². The molecule has 2 aromatic rings. The van der Waals surface area contributed by atoms with Crippen molar-refractivity contribution in [3.05, 3.63) is 57.3 Å². The van der Waals surface area contributed by atoms with Crippen LogP contribution in [-0.4, -0.2) is 22.8 Å². The Balaban J connectivity index is 2.21. The summed E-state index contributed by atoms with van der Waals surface area (Å²) >= 11 is 9.41. The molecule has 0 saturated heterocycles. The van der Waals surface area contributed by atoms with Gasteiger partial charge in [-0.15, -0.1) is 0 Å². The zero-order valence-corrected chi connectivity index (χ0v) is 13.1. The number of rotatable bonds is 3. The Bertz CT molecular complexity index is 648. The largest absolute Gasteiger partial charge is 0.397 e. The Hall–Kier alpha value is -1.59. The van der Waals surface area contributed by atoms with Crippen LogP contribution in [0.2, 0.25) is 5.15 Å². The second-order valence-corrected chi connectivity index (χ2v) is 5.57. The van der Waals surface area contributed by atoms with E-state index in [1.54, 1.807) is 11.9 Å². The van der Waals surface area contributed by atoms with Crippen LogP contribution in [0.15, 0.2) is 41.0 Å². The lowest BCUT2D eigenvalue weighted by molar-refractivity contribution is 0.0784. The Morgan fingerprint density at radius 3 is 2.85 bits per heavy atom. The van der Waals surface area contributed by atoms with Crippen LogP contribution in [0.25, 0.3) is 0 Å². The fraction of sp³-hybridized carbons (Fsp3) is 0.143. The van der Waals surface area contributed by atoms with E-state index < -0.39 is 0 Å². The smallest absolute Gasteiger partial charge is 0.257 e. The SMILES string of the molecule is CN(Cc1ccccc1Br)C(=O)c1cc(N)cnc1Cl. The van der Waals surface area contributed by atoms with Gasteiger partial charge in [0.05, 0.1) is 17.4 Å². The Kier molecular flexibility index (Phi) is 4.62. The number of anilines is 1. The molecule has 0 aliphatic heterocycles. The van der Waals surface area contributed by atoms with Crippen LogP contribution in [0, 0.1) is 0 Å². The van der Waals surface area contributed by atoms with Crippen LogP contribution in [-0.2, 0) is 6.54 Å². The van der Waals surface area contributed by atoms with Crippen molar-refractivity contribution in [2.24, 2.45) is 0 Å². The van der Waals surface area contributed by atoms with E-state index in [0.717, 1.165) is 10.0 Å². The molecule has 0 fully saturated rings. The number of nitrogens with zero attached hydrogens (tertiary/aromatic N) is 2. The summed E-state index contributed by atoms with van der Waals surface area (Å²) in [7, 11) is 1.71. The maximum Gasteiger partial charge on any atom is 0.257 e. The quantitative estimate of drug-likeness (QED) is 0.860. The first kappa shape index (κ1) is 14.8. The van der Waals surface area contributed by atoms with Gasteiger partial charge in [-0.25, -0.2) is 4.98 Å². The maximum atomic E-state index is 12.4. The zero-order chi connectivity index (χ0) is 14.7. The minimum atomic E-state index is -0.217. The van der Waals surface area contributed by atoms with Gasteiger partial charge in [0.25, 0.3) is 5.91 Å². The van der Waals surface area contributed by atoms with Crippen LogP contribution in [0.4, 0.5) is 5.69 Å². The van der Waals surface area contributed by atoms with E-state index in [9.17, 15) is 4.79 Å². The molecule has 0 atom stereocenters. The molecule has 6 heteroatoms. The molecule has 0 radical (unpaired) electrons. The van der Waals surface area contributed by atoms with E-state index in [0.29, 0.717) is 17.8 Å². The van der Waals surface area contributed by atoms with Gasteiger partial charge in [0.2, 0.25) is 0 Å².